The van der Waals surface area contributed by atoms with Gasteiger partial charge in [0.1, 0.15) is 5.75 Å². The lowest BCUT2D eigenvalue weighted by Gasteiger charge is -2.15. The molecule has 23 heavy (non-hydrogen) atoms. The van der Waals surface area contributed by atoms with E-state index in [0.717, 1.165) is 16.9 Å². The van der Waals surface area contributed by atoms with Gasteiger partial charge in [0.25, 0.3) is 0 Å². The maximum absolute atomic E-state index is 11.7. The summed E-state index contributed by atoms with van der Waals surface area (Å²) in [6.45, 7) is 5.96. The Labute approximate surface area is 143 Å². The van der Waals surface area contributed by atoms with Crippen LogP contribution < -0.4 is 21.1 Å². The van der Waals surface area contributed by atoms with Crippen LogP contribution in [0.15, 0.2) is 18.2 Å². The predicted octanol–water partition coefficient (Wildman–Crippen LogP) is 1.14. The fraction of sp³-hybridized carbons (Fsp3) is 0.500. The molecule has 4 N–H and O–H groups in total. The Morgan fingerprint density at radius 2 is 1.91 bits per heavy atom. The number of carbonyl (C=O) groups is 2. The SMILES string of the molecule is COc1cc(CNC(=O)CNC(=O)[C@@H](N)C(C)C)ccc1C.Cl. The second-order valence-corrected chi connectivity index (χ2v) is 5.57. The summed E-state index contributed by atoms with van der Waals surface area (Å²) in [5.41, 5.74) is 7.67. The molecule has 0 aliphatic carbocycles. The highest BCUT2D eigenvalue weighted by Crippen LogP contribution is 2.18. The van der Waals surface area contributed by atoms with E-state index in [4.69, 9.17) is 10.5 Å². The maximum Gasteiger partial charge on any atom is 0.239 e. The first-order valence-corrected chi connectivity index (χ1v) is 7.28. The molecule has 1 rings (SSSR count). The number of ether oxygens (including phenoxy) is 1. The van der Waals surface area contributed by atoms with Gasteiger partial charge in [0.15, 0.2) is 0 Å². The quantitative estimate of drug-likeness (QED) is 0.692. The second kappa shape index (κ2) is 10.1. The Morgan fingerprint density at radius 3 is 2.48 bits per heavy atom. The Morgan fingerprint density at radius 1 is 1.26 bits per heavy atom. The molecule has 0 spiro atoms. The van der Waals surface area contributed by atoms with Gasteiger partial charge in [-0.2, -0.15) is 0 Å². The molecule has 0 bridgehead atoms. The van der Waals surface area contributed by atoms with Crippen molar-refractivity contribution in [2.45, 2.75) is 33.4 Å². The second-order valence-electron chi connectivity index (χ2n) is 5.57. The Bertz CT molecular complexity index is 535. The fourth-order valence-corrected chi connectivity index (χ4v) is 1.83. The number of nitrogens with two attached hydrogens (primary N) is 1. The van der Waals surface area contributed by atoms with Gasteiger partial charge in [-0.1, -0.05) is 26.0 Å². The lowest BCUT2D eigenvalue weighted by atomic mass is 10.1. The molecule has 0 aliphatic rings. The summed E-state index contributed by atoms with van der Waals surface area (Å²) in [5, 5.41) is 5.27. The average Bonchev–Trinajstić information content (AvgIpc) is 2.50. The zero-order valence-electron chi connectivity index (χ0n) is 14.0. The zero-order chi connectivity index (χ0) is 16.7. The van der Waals surface area contributed by atoms with E-state index in [1.165, 1.54) is 0 Å². The number of benzene rings is 1. The molecule has 0 saturated carbocycles. The first kappa shape index (κ1) is 21.2. The van der Waals surface area contributed by atoms with Gasteiger partial charge in [0, 0.05) is 6.54 Å². The highest BCUT2D eigenvalue weighted by Gasteiger charge is 2.17. The monoisotopic (exact) mass is 343 g/mol. The molecular formula is C16H26ClN3O3. The van der Waals surface area contributed by atoms with E-state index in [1.54, 1.807) is 7.11 Å². The summed E-state index contributed by atoms with van der Waals surface area (Å²) < 4.78 is 5.24. The Kier molecular flexibility index (Phi) is 9.29. The summed E-state index contributed by atoms with van der Waals surface area (Å²) in [4.78, 5) is 23.4. The van der Waals surface area contributed by atoms with Crippen LogP contribution in [0.25, 0.3) is 0 Å². The molecule has 1 aromatic carbocycles. The van der Waals surface area contributed by atoms with Crippen molar-refractivity contribution >= 4 is 24.2 Å². The third kappa shape index (κ3) is 6.88. The van der Waals surface area contributed by atoms with E-state index in [-0.39, 0.29) is 36.7 Å². The Balaban J connectivity index is 0.00000484. The number of hydrogen-bond donors (Lipinski definition) is 3. The van der Waals surface area contributed by atoms with Gasteiger partial charge in [-0.15, -0.1) is 12.4 Å². The summed E-state index contributed by atoms with van der Waals surface area (Å²) >= 11 is 0. The number of carbonyl (C=O) groups excluding carboxylic acids is 2. The number of nitrogens with one attached hydrogen (secondary N) is 2. The number of aryl methyl sites for hydroxylation is 1. The molecule has 1 atom stereocenters. The van der Waals surface area contributed by atoms with Crippen LogP contribution in [0.2, 0.25) is 0 Å². The van der Waals surface area contributed by atoms with Crippen molar-refractivity contribution in [1.29, 1.82) is 0 Å². The van der Waals surface area contributed by atoms with Crippen molar-refractivity contribution in [3.8, 4) is 5.75 Å². The van der Waals surface area contributed by atoms with Gasteiger partial charge in [-0.05, 0) is 30.0 Å². The summed E-state index contributed by atoms with van der Waals surface area (Å²) in [5.74, 6) is 0.233. The molecular weight excluding hydrogens is 318 g/mol. The van der Waals surface area contributed by atoms with Crippen LogP contribution in [0.1, 0.15) is 25.0 Å². The summed E-state index contributed by atoms with van der Waals surface area (Å²) in [6.07, 6.45) is 0. The van der Waals surface area contributed by atoms with Gasteiger partial charge in [0.2, 0.25) is 11.8 Å². The number of rotatable bonds is 7. The van der Waals surface area contributed by atoms with Crippen LogP contribution in [-0.2, 0) is 16.1 Å². The number of hydrogen-bond acceptors (Lipinski definition) is 4. The minimum atomic E-state index is -0.603. The van der Waals surface area contributed by atoms with Crippen molar-refractivity contribution in [2.75, 3.05) is 13.7 Å². The Hall–Kier alpha value is -1.79. The van der Waals surface area contributed by atoms with Crippen molar-refractivity contribution < 1.29 is 14.3 Å². The van der Waals surface area contributed by atoms with Crippen LogP contribution in [-0.4, -0.2) is 31.5 Å². The van der Waals surface area contributed by atoms with E-state index in [0.29, 0.717) is 6.54 Å². The fourth-order valence-electron chi connectivity index (χ4n) is 1.83. The third-order valence-corrected chi connectivity index (χ3v) is 3.41. The molecule has 0 heterocycles. The van der Waals surface area contributed by atoms with Gasteiger partial charge >= 0.3 is 0 Å². The van der Waals surface area contributed by atoms with Crippen LogP contribution in [0.3, 0.4) is 0 Å². The summed E-state index contributed by atoms with van der Waals surface area (Å²) in [6, 6.07) is 5.13. The molecule has 0 aromatic heterocycles. The van der Waals surface area contributed by atoms with Crippen LogP contribution in [0, 0.1) is 12.8 Å². The molecule has 0 unspecified atom stereocenters. The van der Waals surface area contributed by atoms with E-state index < -0.39 is 6.04 Å². The molecule has 2 amide bonds. The predicted molar refractivity (Wildman–Crippen MR) is 92.6 cm³/mol. The van der Waals surface area contributed by atoms with Gasteiger partial charge in [0.05, 0.1) is 19.7 Å². The minimum absolute atomic E-state index is 0. The normalized spacial score (nSPS) is 11.4. The maximum atomic E-state index is 11.7. The molecule has 0 fully saturated rings. The number of halogens is 1. The van der Waals surface area contributed by atoms with Crippen LogP contribution >= 0.6 is 12.4 Å². The molecule has 0 radical (unpaired) electrons. The standard InChI is InChI=1S/C16H25N3O3.ClH/c1-10(2)15(17)16(21)19-9-14(20)18-8-12-6-5-11(3)13(7-12)22-4;/h5-7,10,15H,8-9,17H2,1-4H3,(H,18,20)(H,19,21);1H/t15-;/m0./s1. The largest absolute Gasteiger partial charge is 0.496 e. The van der Waals surface area contributed by atoms with E-state index in [2.05, 4.69) is 10.6 Å². The van der Waals surface area contributed by atoms with Crippen molar-refractivity contribution in [1.82, 2.24) is 10.6 Å². The molecule has 7 heteroatoms. The highest BCUT2D eigenvalue weighted by molar-refractivity contribution is 5.87. The topological polar surface area (TPSA) is 93.5 Å². The molecule has 0 aliphatic heterocycles. The number of methoxy groups -OCH3 is 1. The minimum Gasteiger partial charge on any atom is -0.496 e. The van der Waals surface area contributed by atoms with Crippen molar-refractivity contribution in [2.24, 2.45) is 11.7 Å². The van der Waals surface area contributed by atoms with Crippen LogP contribution in [0.4, 0.5) is 0 Å². The smallest absolute Gasteiger partial charge is 0.239 e. The summed E-state index contributed by atoms with van der Waals surface area (Å²) in [7, 11) is 1.61. The van der Waals surface area contributed by atoms with Crippen molar-refractivity contribution in [3.63, 3.8) is 0 Å². The number of amides is 2. The van der Waals surface area contributed by atoms with E-state index in [9.17, 15) is 9.59 Å². The first-order valence-electron chi connectivity index (χ1n) is 7.28. The highest BCUT2D eigenvalue weighted by atomic mass is 35.5. The molecule has 1 aromatic rings. The third-order valence-electron chi connectivity index (χ3n) is 3.41. The van der Waals surface area contributed by atoms with Crippen molar-refractivity contribution in [3.05, 3.63) is 29.3 Å². The van der Waals surface area contributed by atoms with Gasteiger partial charge < -0.3 is 21.1 Å². The lowest BCUT2D eigenvalue weighted by molar-refractivity contribution is -0.127. The van der Waals surface area contributed by atoms with E-state index >= 15 is 0 Å². The average molecular weight is 344 g/mol. The molecule has 130 valence electrons. The molecule has 0 saturated heterocycles. The molecule has 6 nitrogen and oxygen atoms in total. The first-order chi connectivity index (χ1) is 10.3. The van der Waals surface area contributed by atoms with Gasteiger partial charge in [-0.3, -0.25) is 9.59 Å². The van der Waals surface area contributed by atoms with E-state index in [1.807, 2.05) is 39.0 Å². The van der Waals surface area contributed by atoms with Gasteiger partial charge in [-0.25, -0.2) is 0 Å². The zero-order valence-corrected chi connectivity index (χ0v) is 14.8. The lowest BCUT2D eigenvalue weighted by Crippen LogP contribution is -2.47. The van der Waals surface area contributed by atoms with Crippen LogP contribution in [0.5, 0.6) is 5.75 Å².